The Morgan fingerprint density at radius 1 is 1.53 bits per heavy atom. The number of hydrogen-bond acceptors (Lipinski definition) is 2. The minimum Gasteiger partial charge on any atom is -0.462 e. The van der Waals surface area contributed by atoms with Crippen LogP contribution in [-0.4, -0.2) is 12.6 Å². The van der Waals surface area contributed by atoms with E-state index in [0.29, 0.717) is 12.2 Å². The van der Waals surface area contributed by atoms with E-state index in [4.69, 9.17) is 4.74 Å². The largest absolute Gasteiger partial charge is 0.462 e. The molecule has 0 aliphatic heterocycles. The SMILES string of the molecule is C=C(C)C(=O)OCCC1CC(C)C2C=CCC12. The highest BCUT2D eigenvalue weighted by atomic mass is 16.5. The van der Waals surface area contributed by atoms with Crippen molar-refractivity contribution in [3.8, 4) is 0 Å². The molecule has 17 heavy (non-hydrogen) atoms. The third-order valence-corrected chi connectivity index (χ3v) is 4.27. The summed E-state index contributed by atoms with van der Waals surface area (Å²) in [5.41, 5.74) is 0.491. The molecule has 0 aromatic carbocycles. The molecule has 1 saturated carbocycles. The normalized spacial score (nSPS) is 34.7. The molecule has 0 spiro atoms. The molecule has 0 bridgehead atoms. The average molecular weight is 234 g/mol. The van der Waals surface area contributed by atoms with Crippen molar-refractivity contribution in [1.82, 2.24) is 0 Å². The number of fused-ring (bicyclic) bond motifs is 1. The Morgan fingerprint density at radius 2 is 2.29 bits per heavy atom. The van der Waals surface area contributed by atoms with E-state index >= 15 is 0 Å². The molecule has 2 nitrogen and oxygen atoms in total. The molecule has 2 aliphatic rings. The fraction of sp³-hybridized carbons (Fsp3) is 0.667. The third kappa shape index (κ3) is 2.62. The van der Waals surface area contributed by atoms with Crippen LogP contribution in [0.1, 0.15) is 33.1 Å². The quantitative estimate of drug-likeness (QED) is 0.423. The van der Waals surface area contributed by atoms with Crippen LogP contribution in [0.15, 0.2) is 24.3 Å². The molecular weight excluding hydrogens is 212 g/mol. The summed E-state index contributed by atoms with van der Waals surface area (Å²) in [6.45, 7) is 8.17. The first-order valence-electron chi connectivity index (χ1n) is 6.59. The van der Waals surface area contributed by atoms with Crippen LogP contribution in [0.5, 0.6) is 0 Å². The zero-order chi connectivity index (χ0) is 12.4. The molecule has 94 valence electrons. The van der Waals surface area contributed by atoms with Crippen LogP contribution >= 0.6 is 0 Å². The van der Waals surface area contributed by atoms with Gasteiger partial charge in [0.05, 0.1) is 6.61 Å². The lowest BCUT2D eigenvalue weighted by atomic mass is 9.88. The molecule has 0 heterocycles. The number of rotatable bonds is 4. The van der Waals surface area contributed by atoms with Crippen molar-refractivity contribution >= 4 is 5.97 Å². The number of esters is 1. The van der Waals surface area contributed by atoms with Crippen molar-refractivity contribution in [2.75, 3.05) is 6.61 Å². The topological polar surface area (TPSA) is 26.3 Å². The lowest BCUT2D eigenvalue weighted by Gasteiger charge is -2.18. The maximum atomic E-state index is 11.3. The summed E-state index contributed by atoms with van der Waals surface area (Å²) >= 11 is 0. The van der Waals surface area contributed by atoms with Gasteiger partial charge < -0.3 is 4.74 Å². The van der Waals surface area contributed by atoms with Gasteiger partial charge in [-0.05, 0) is 49.9 Å². The molecule has 4 atom stereocenters. The van der Waals surface area contributed by atoms with Crippen molar-refractivity contribution < 1.29 is 9.53 Å². The Hall–Kier alpha value is -1.05. The van der Waals surface area contributed by atoms with Gasteiger partial charge in [0.15, 0.2) is 0 Å². The second kappa shape index (κ2) is 5.07. The molecule has 0 aromatic rings. The number of carbonyl (C=O) groups excluding carboxylic acids is 1. The van der Waals surface area contributed by atoms with E-state index in [0.717, 1.165) is 30.1 Å². The second-order valence-electron chi connectivity index (χ2n) is 5.58. The van der Waals surface area contributed by atoms with Crippen LogP contribution in [-0.2, 0) is 9.53 Å². The average Bonchev–Trinajstić information content (AvgIpc) is 2.84. The molecule has 2 rings (SSSR count). The molecular formula is C15H22O2. The minimum absolute atomic E-state index is 0.253. The van der Waals surface area contributed by atoms with Gasteiger partial charge in [0.25, 0.3) is 0 Å². The number of hydrogen-bond donors (Lipinski definition) is 0. The van der Waals surface area contributed by atoms with Gasteiger partial charge in [0, 0.05) is 5.57 Å². The van der Waals surface area contributed by atoms with Crippen molar-refractivity contribution in [3.63, 3.8) is 0 Å². The number of ether oxygens (including phenoxy) is 1. The van der Waals surface area contributed by atoms with Crippen molar-refractivity contribution in [2.45, 2.75) is 33.1 Å². The fourth-order valence-electron chi connectivity index (χ4n) is 3.38. The van der Waals surface area contributed by atoms with E-state index < -0.39 is 0 Å². The van der Waals surface area contributed by atoms with Gasteiger partial charge >= 0.3 is 5.97 Å². The molecule has 1 fully saturated rings. The van der Waals surface area contributed by atoms with E-state index in [1.807, 2.05) is 0 Å². The summed E-state index contributed by atoms with van der Waals surface area (Å²) in [7, 11) is 0. The van der Waals surface area contributed by atoms with E-state index in [-0.39, 0.29) is 5.97 Å². The maximum absolute atomic E-state index is 11.3. The van der Waals surface area contributed by atoms with Gasteiger partial charge in [-0.1, -0.05) is 25.7 Å². The zero-order valence-electron chi connectivity index (χ0n) is 10.8. The highest BCUT2D eigenvalue weighted by Crippen LogP contribution is 2.48. The van der Waals surface area contributed by atoms with Gasteiger partial charge in [-0.15, -0.1) is 0 Å². The van der Waals surface area contributed by atoms with Crippen LogP contribution in [0.25, 0.3) is 0 Å². The van der Waals surface area contributed by atoms with Crippen LogP contribution in [0.3, 0.4) is 0 Å². The maximum Gasteiger partial charge on any atom is 0.333 e. The van der Waals surface area contributed by atoms with Crippen LogP contribution in [0, 0.1) is 23.7 Å². The predicted molar refractivity (Wildman–Crippen MR) is 68.4 cm³/mol. The van der Waals surface area contributed by atoms with Crippen LogP contribution in [0.4, 0.5) is 0 Å². The lowest BCUT2D eigenvalue weighted by molar-refractivity contribution is -0.139. The summed E-state index contributed by atoms with van der Waals surface area (Å²) in [5, 5.41) is 0. The summed E-state index contributed by atoms with van der Waals surface area (Å²) in [4.78, 5) is 11.3. The Kier molecular flexibility index (Phi) is 3.70. The fourth-order valence-corrected chi connectivity index (χ4v) is 3.38. The highest BCUT2D eigenvalue weighted by molar-refractivity contribution is 5.86. The van der Waals surface area contributed by atoms with Gasteiger partial charge in [-0.3, -0.25) is 0 Å². The molecule has 0 aromatic heterocycles. The summed E-state index contributed by atoms with van der Waals surface area (Å²) in [5.74, 6) is 2.84. The first kappa shape index (κ1) is 12.4. The van der Waals surface area contributed by atoms with Crippen molar-refractivity contribution in [1.29, 1.82) is 0 Å². The smallest absolute Gasteiger partial charge is 0.333 e. The Balaban J connectivity index is 1.77. The van der Waals surface area contributed by atoms with Gasteiger partial charge in [0.2, 0.25) is 0 Å². The van der Waals surface area contributed by atoms with Crippen LogP contribution in [0.2, 0.25) is 0 Å². The molecule has 4 unspecified atom stereocenters. The van der Waals surface area contributed by atoms with E-state index in [1.165, 1.54) is 12.8 Å². The number of allylic oxidation sites excluding steroid dienone is 2. The Labute approximate surface area is 104 Å². The predicted octanol–water partition coefficient (Wildman–Crippen LogP) is 3.34. The van der Waals surface area contributed by atoms with Crippen molar-refractivity contribution in [3.05, 3.63) is 24.3 Å². The van der Waals surface area contributed by atoms with Gasteiger partial charge in [0.1, 0.15) is 0 Å². The Morgan fingerprint density at radius 3 is 3.00 bits per heavy atom. The van der Waals surface area contributed by atoms with E-state index in [2.05, 4.69) is 25.7 Å². The first-order chi connectivity index (χ1) is 8.09. The summed E-state index contributed by atoms with van der Waals surface area (Å²) in [6.07, 6.45) is 8.21. The van der Waals surface area contributed by atoms with E-state index in [1.54, 1.807) is 6.92 Å². The van der Waals surface area contributed by atoms with Crippen molar-refractivity contribution in [2.24, 2.45) is 23.7 Å². The standard InChI is InChI=1S/C15H22O2/c1-10(2)15(16)17-8-7-12-9-11(3)13-5-4-6-14(12)13/h4-5,11-14H,1,6-9H2,2-3H3. The van der Waals surface area contributed by atoms with Crippen LogP contribution < -0.4 is 0 Å². The molecule has 0 amide bonds. The van der Waals surface area contributed by atoms with E-state index in [9.17, 15) is 4.79 Å². The monoisotopic (exact) mass is 234 g/mol. The summed E-state index contributed by atoms with van der Waals surface area (Å²) in [6, 6.07) is 0. The van der Waals surface area contributed by atoms with Gasteiger partial charge in [-0.25, -0.2) is 4.79 Å². The molecule has 0 saturated heterocycles. The Bertz CT molecular complexity index is 343. The first-order valence-corrected chi connectivity index (χ1v) is 6.59. The zero-order valence-corrected chi connectivity index (χ0v) is 10.8. The highest BCUT2D eigenvalue weighted by Gasteiger charge is 2.40. The molecule has 2 heteroatoms. The minimum atomic E-state index is -0.253. The second-order valence-corrected chi connectivity index (χ2v) is 5.58. The van der Waals surface area contributed by atoms with Gasteiger partial charge in [-0.2, -0.15) is 0 Å². The third-order valence-electron chi connectivity index (χ3n) is 4.27. The molecule has 0 radical (unpaired) electrons. The number of carbonyl (C=O) groups is 1. The lowest BCUT2D eigenvalue weighted by Crippen LogP contribution is -2.14. The summed E-state index contributed by atoms with van der Waals surface area (Å²) < 4.78 is 5.19. The molecule has 2 aliphatic carbocycles. The molecule has 0 N–H and O–H groups in total.